The van der Waals surface area contributed by atoms with Crippen LogP contribution in [0, 0.1) is 0 Å². The lowest BCUT2D eigenvalue weighted by atomic mass is 9.88. The molecule has 0 fully saturated rings. The molecule has 0 aromatic carbocycles. The van der Waals surface area contributed by atoms with E-state index in [-0.39, 0.29) is 24.4 Å². The SMILES string of the molecule is CCOP(=O)(OCC)c1ccc(B(O)O)o1. The lowest BCUT2D eigenvalue weighted by Crippen LogP contribution is -2.28. The molecule has 1 rings (SSSR count). The number of rotatable bonds is 6. The summed E-state index contributed by atoms with van der Waals surface area (Å²) in [6.45, 7) is 3.76. The van der Waals surface area contributed by atoms with Gasteiger partial charge in [0.15, 0.2) is 0 Å². The van der Waals surface area contributed by atoms with E-state index in [2.05, 4.69) is 0 Å². The van der Waals surface area contributed by atoms with Crippen molar-refractivity contribution in [1.82, 2.24) is 0 Å². The molecule has 0 aliphatic heterocycles. The van der Waals surface area contributed by atoms with Crippen LogP contribution in [0.25, 0.3) is 0 Å². The highest BCUT2D eigenvalue weighted by Crippen LogP contribution is 2.46. The molecule has 0 aliphatic carbocycles. The molecule has 1 aromatic heterocycles. The molecular formula is C8H14BO6P. The van der Waals surface area contributed by atoms with Gasteiger partial charge in [0.25, 0.3) is 0 Å². The summed E-state index contributed by atoms with van der Waals surface area (Å²) in [5.74, 6) is 0. The van der Waals surface area contributed by atoms with Gasteiger partial charge >= 0.3 is 14.7 Å². The van der Waals surface area contributed by atoms with E-state index in [1.54, 1.807) is 13.8 Å². The highest BCUT2D eigenvalue weighted by Gasteiger charge is 2.32. The summed E-state index contributed by atoms with van der Waals surface area (Å²) in [6.07, 6.45) is 0. The van der Waals surface area contributed by atoms with Crippen LogP contribution in [0.15, 0.2) is 16.5 Å². The highest BCUT2D eigenvalue weighted by molar-refractivity contribution is 7.61. The summed E-state index contributed by atoms with van der Waals surface area (Å²) in [5.41, 5.74) is -0.131. The molecule has 90 valence electrons. The summed E-state index contributed by atoms with van der Waals surface area (Å²) < 4.78 is 27.2. The first-order valence-corrected chi connectivity index (χ1v) is 6.43. The van der Waals surface area contributed by atoms with Crippen molar-refractivity contribution in [2.24, 2.45) is 0 Å². The third-order valence-electron chi connectivity index (χ3n) is 1.74. The van der Waals surface area contributed by atoms with E-state index in [4.69, 9.17) is 23.5 Å². The second-order valence-corrected chi connectivity index (χ2v) is 4.83. The predicted molar refractivity (Wildman–Crippen MR) is 59.0 cm³/mol. The lowest BCUT2D eigenvalue weighted by Gasteiger charge is -2.13. The van der Waals surface area contributed by atoms with Gasteiger partial charge in [-0.1, -0.05) is 0 Å². The van der Waals surface area contributed by atoms with Gasteiger partial charge in [-0.05, 0) is 26.0 Å². The van der Waals surface area contributed by atoms with Gasteiger partial charge in [0.05, 0.1) is 13.2 Å². The normalized spacial score (nSPS) is 11.8. The molecule has 6 nitrogen and oxygen atoms in total. The minimum absolute atomic E-state index is 0.0284. The number of hydrogen-bond acceptors (Lipinski definition) is 6. The van der Waals surface area contributed by atoms with Crippen molar-refractivity contribution in [1.29, 1.82) is 0 Å². The smallest absolute Gasteiger partial charge is 0.457 e. The summed E-state index contributed by atoms with van der Waals surface area (Å²) in [6, 6.07) is 2.66. The third-order valence-corrected chi connectivity index (χ3v) is 3.71. The van der Waals surface area contributed by atoms with E-state index in [0.717, 1.165) is 0 Å². The van der Waals surface area contributed by atoms with E-state index >= 15 is 0 Å². The molecule has 0 radical (unpaired) electrons. The molecule has 0 amide bonds. The van der Waals surface area contributed by atoms with E-state index in [0.29, 0.717) is 0 Å². The molecule has 0 unspecified atom stereocenters. The van der Waals surface area contributed by atoms with Gasteiger partial charge in [-0.15, -0.1) is 0 Å². The van der Waals surface area contributed by atoms with Crippen LogP contribution in [0.1, 0.15) is 13.8 Å². The van der Waals surface area contributed by atoms with E-state index in [1.165, 1.54) is 12.1 Å². The molecule has 16 heavy (non-hydrogen) atoms. The van der Waals surface area contributed by atoms with Crippen LogP contribution in [0.3, 0.4) is 0 Å². The summed E-state index contributed by atoms with van der Waals surface area (Å²) in [4.78, 5) is 0. The molecule has 1 heterocycles. The molecule has 0 atom stereocenters. The molecule has 0 aliphatic rings. The monoisotopic (exact) mass is 248 g/mol. The van der Waals surface area contributed by atoms with Crippen LogP contribution in [-0.4, -0.2) is 30.4 Å². The molecule has 1 aromatic rings. The maximum absolute atomic E-state index is 12.1. The van der Waals surface area contributed by atoms with Gasteiger partial charge in [0, 0.05) is 0 Å². The molecule has 0 saturated heterocycles. The minimum Gasteiger partial charge on any atom is -0.457 e. The average molecular weight is 248 g/mol. The van der Waals surface area contributed by atoms with Gasteiger partial charge in [-0.3, -0.25) is 4.57 Å². The predicted octanol–water partition coefficient (Wildman–Crippen LogP) is -0.149. The summed E-state index contributed by atoms with van der Waals surface area (Å²) in [5, 5.41) is 17.7. The Morgan fingerprint density at radius 1 is 1.31 bits per heavy atom. The van der Waals surface area contributed by atoms with Gasteiger partial charge in [-0.25, -0.2) is 0 Å². The van der Waals surface area contributed by atoms with Crippen LogP contribution < -0.4 is 11.2 Å². The lowest BCUT2D eigenvalue weighted by molar-refractivity contribution is 0.225. The van der Waals surface area contributed by atoms with Gasteiger partial charge < -0.3 is 23.5 Å². The largest absolute Gasteiger partial charge is 0.526 e. The maximum Gasteiger partial charge on any atom is 0.526 e. The zero-order valence-corrected chi connectivity index (χ0v) is 10.0. The summed E-state index contributed by atoms with van der Waals surface area (Å²) >= 11 is 0. The fraction of sp³-hybridized carbons (Fsp3) is 0.500. The minimum atomic E-state index is -3.48. The fourth-order valence-corrected chi connectivity index (χ4v) is 2.62. The number of hydrogen-bond donors (Lipinski definition) is 2. The second kappa shape index (κ2) is 5.66. The second-order valence-electron chi connectivity index (χ2n) is 2.88. The van der Waals surface area contributed by atoms with E-state index in [9.17, 15) is 4.57 Å². The molecule has 0 spiro atoms. The fourth-order valence-electron chi connectivity index (χ4n) is 1.13. The first kappa shape index (κ1) is 13.5. The van der Waals surface area contributed by atoms with Gasteiger partial charge in [-0.2, -0.15) is 0 Å². The zero-order valence-electron chi connectivity index (χ0n) is 9.12. The Labute approximate surface area is 93.9 Å². The first-order valence-electron chi connectivity index (χ1n) is 4.89. The highest BCUT2D eigenvalue weighted by atomic mass is 31.2. The molecule has 0 saturated carbocycles. The van der Waals surface area contributed by atoms with Crippen molar-refractivity contribution in [3.63, 3.8) is 0 Å². The van der Waals surface area contributed by atoms with Crippen molar-refractivity contribution in [2.75, 3.05) is 13.2 Å². The standard InChI is InChI=1S/C8H14BO6P/c1-3-13-16(12,14-4-2)8-6-5-7(15-8)9(10)11/h5-6,10-11H,3-4H2,1-2H3. The van der Waals surface area contributed by atoms with Crippen LogP contribution in [-0.2, 0) is 13.6 Å². The Morgan fingerprint density at radius 2 is 1.88 bits per heavy atom. The Kier molecular flexibility index (Phi) is 4.77. The van der Waals surface area contributed by atoms with Crippen LogP contribution in [0.2, 0.25) is 0 Å². The molecule has 8 heteroatoms. The zero-order chi connectivity index (χ0) is 12.2. The Morgan fingerprint density at radius 3 is 2.25 bits per heavy atom. The average Bonchev–Trinajstić information content (AvgIpc) is 2.67. The third kappa shape index (κ3) is 2.96. The molecule has 2 N–H and O–H groups in total. The van der Waals surface area contributed by atoms with Crippen LogP contribution in [0.5, 0.6) is 0 Å². The van der Waals surface area contributed by atoms with Crippen molar-refractivity contribution < 1.29 is 28.1 Å². The van der Waals surface area contributed by atoms with Gasteiger partial charge in [0.2, 0.25) is 5.50 Å². The quantitative estimate of drug-likeness (QED) is 0.537. The van der Waals surface area contributed by atoms with E-state index in [1.807, 2.05) is 0 Å². The van der Waals surface area contributed by atoms with Crippen LogP contribution in [0.4, 0.5) is 0 Å². The van der Waals surface area contributed by atoms with Crippen molar-refractivity contribution in [2.45, 2.75) is 13.8 Å². The van der Waals surface area contributed by atoms with Crippen LogP contribution >= 0.6 is 7.60 Å². The topological polar surface area (TPSA) is 89.1 Å². The Bertz CT molecular complexity index is 366. The van der Waals surface area contributed by atoms with Crippen molar-refractivity contribution in [3.8, 4) is 0 Å². The first-order chi connectivity index (χ1) is 7.53. The van der Waals surface area contributed by atoms with Crippen molar-refractivity contribution in [3.05, 3.63) is 12.1 Å². The maximum atomic E-state index is 12.1. The molecule has 0 bridgehead atoms. The van der Waals surface area contributed by atoms with E-state index < -0.39 is 14.7 Å². The summed E-state index contributed by atoms with van der Waals surface area (Å²) in [7, 11) is -5.22. The van der Waals surface area contributed by atoms with Crippen molar-refractivity contribution >= 4 is 25.9 Å². The van der Waals surface area contributed by atoms with Gasteiger partial charge in [0.1, 0.15) is 5.66 Å². The Hall–Kier alpha value is -0.585. The number of furan rings is 1. The Balaban J connectivity index is 2.97. The molecular weight excluding hydrogens is 234 g/mol.